The summed E-state index contributed by atoms with van der Waals surface area (Å²) >= 11 is 0. The quantitative estimate of drug-likeness (QED) is 0.865. The van der Waals surface area contributed by atoms with E-state index in [4.69, 9.17) is 0 Å². The molecule has 2 rings (SSSR count). The molecule has 0 spiro atoms. The fourth-order valence-corrected chi connectivity index (χ4v) is 4.43. The Morgan fingerprint density at radius 1 is 1.05 bits per heavy atom. The fraction of sp³-hybridized carbons (Fsp3) is 0.700. The highest BCUT2D eigenvalue weighted by Crippen LogP contribution is 2.40. The number of aliphatic hydroxyl groups is 1. The molecule has 0 aromatic heterocycles. The van der Waals surface area contributed by atoms with Gasteiger partial charge < -0.3 is 5.11 Å². The highest BCUT2D eigenvalue weighted by molar-refractivity contribution is 5.20. The number of nitrogens with zero attached hydrogens (tertiary/aromatic N) is 1. The van der Waals surface area contributed by atoms with E-state index in [1.165, 1.54) is 18.4 Å². The van der Waals surface area contributed by atoms with Gasteiger partial charge in [-0.2, -0.15) is 0 Å². The third-order valence-corrected chi connectivity index (χ3v) is 5.40. The molecular formula is C20H33NO. The summed E-state index contributed by atoms with van der Waals surface area (Å²) in [5.74, 6) is 1.91. The summed E-state index contributed by atoms with van der Waals surface area (Å²) in [5.41, 5.74) is 1.25. The van der Waals surface area contributed by atoms with Crippen molar-refractivity contribution in [3.05, 3.63) is 35.9 Å². The van der Waals surface area contributed by atoms with Crippen LogP contribution < -0.4 is 0 Å². The molecule has 0 amide bonds. The minimum absolute atomic E-state index is 0.115. The molecule has 22 heavy (non-hydrogen) atoms. The minimum atomic E-state index is 0.115. The average Bonchev–Trinajstić information content (AvgIpc) is 2.48. The molecule has 1 aliphatic rings. The molecule has 1 heterocycles. The Labute approximate surface area is 136 Å². The van der Waals surface area contributed by atoms with Crippen molar-refractivity contribution in [2.24, 2.45) is 17.8 Å². The lowest BCUT2D eigenvalue weighted by atomic mass is 9.77. The molecule has 1 aromatic rings. The summed E-state index contributed by atoms with van der Waals surface area (Å²) in [7, 11) is 0. The van der Waals surface area contributed by atoms with Gasteiger partial charge in [-0.3, -0.25) is 4.90 Å². The molecule has 0 radical (unpaired) electrons. The maximum atomic E-state index is 10.2. The topological polar surface area (TPSA) is 23.5 Å². The number of hydrogen-bond donors (Lipinski definition) is 1. The molecule has 2 heteroatoms. The van der Waals surface area contributed by atoms with Crippen LogP contribution >= 0.6 is 0 Å². The Bertz CT molecular complexity index is 442. The Balaban J connectivity index is 2.41. The van der Waals surface area contributed by atoms with Crippen LogP contribution in [0.25, 0.3) is 0 Å². The number of rotatable bonds is 5. The summed E-state index contributed by atoms with van der Waals surface area (Å²) in [6.45, 7) is 11.9. The molecule has 0 saturated carbocycles. The summed E-state index contributed by atoms with van der Waals surface area (Å²) in [6, 6.07) is 11.8. The predicted molar refractivity (Wildman–Crippen MR) is 93.8 cm³/mol. The standard InChI is InChI=1S/C20H33NO/c1-14(2)18-12-11-16(5)20(15(3)4)21(18)19(13-22)17-9-7-6-8-10-17/h6-10,14-16,18-20,22H,11-13H2,1-5H3/t16-,18+,19-,20-/m0/s1. The Kier molecular flexibility index (Phi) is 6.05. The summed E-state index contributed by atoms with van der Waals surface area (Å²) in [4.78, 5) is 2.65. The van der Waals surface area contributed by atoms with E-state index in [-0.39, 0.29) is 12.6 Å². The largest absolute Gasteiger partial charge is 0.394 e. The second-order valence-corrected chi connectivity index (χ2v) is 7.66. The second kappa shape index (κ2) is 7.61. The van der Waals surface area contributed by atoms with E-state index in [2.05, 4.69) is 69.9 Å². The smallest absolute Gasteiger partial charge is 0.0628 e. The molecule has 1 fully saturated rings. The van der Waals surface area contributed by atoms with Gasteiger partial charge >= 0.3 is 0 Å². The van der Waals surface area contributed by atoms with Gasteiger partial charge in [0.1, 0.15) is 0 Å². The Hall–Kier alpha value is -0.860. The van der Waals surface area contributed by atoms with Gasteiger partial charge in [0.05, 0.1) is 12.6 Å². The summed E-state index contributed by atoms with van der Waals surface area (Å²) < 4.78 is 0. The fourth-order valence-electron chi connectivity index (χ4n) is 4.43. The van der Waals surface area contributed by atoms with Gasteiger partial charge in [0.2, 0.25) is 0 Å². The van der Waals surface area contributed by atoms with Crippen LogP contribution in [-0.4, -0.2) is 28.7 Å². The maximum Gasteiger partial charge on any atom is 0.0628 e. The molecule has 124 valence electrons. The first-order valence-electron chi connectivity index (χ1n) is 8.90. The molecule has 1 N–H and O–H groups in total. The number of likely N-dealkylation sites (tertiary alicyclic amines) is 1. The zero-order valence-electron chi connectivity index (χ0n) is 14.9. The van der Waals surface area contributed by atoms with Crippen LogP contribution in [0, 0.1) is 17.8 Å². The Morgan fingerprint density at radius 3 is 2.18 bits per heavy atom. The molecule has 1 aromatic carbocycles. The number of piperidine rings is 1. The van der Waals surface area contributed by atoms with E-state index >= 15 is 0 Å². The minimum Gasteiger partial charge on any atom is -0.394 e. The highest BCUT2D eigenvalue weighted by atomic mass is 16.3. The SMILES string of the molecule is CC(C)[C@H]1CC[C@H](C)[C@H](C(C)C)N1[C@@H](CO)c1ccccc1. The number of hydrogen-bond acceptors (Lipinski definition) is 2. The van der Waals surface area contributed by atoms with Crippen LogP contribution in [0.3, 0.4) is 0 Å². The third kappa shape index (κ3) is 3.55. The molecular weight excluding hydrogens is 270 g/mol. The zero-order valence-corrected chi connectivity index (χ0v) is 14.9. The highest BCUT2D eigenvalue weighted by Gasteiger charge is 2.41. The number of benzene rings is 1. The maximum absolute atomic E-state index is 10.2. The van der Waals surface area contributed by atoms with E-state index in [1.807, 2.05) is 0 Å². The van der Waals surface area contributed by atoms with Crippen LogP contribution in [0.1, 0.15) is 59.1 Å². The molecule has 0 bridgehead atoms. The van der Waals surface area contributed by atoms with Crippen molar-refractivity contribution in [1.29, 1.82) is 0 Å². The van der Waals surface area contributed by atoms with E-state index in [1.54, 1.807) is 0 Å². The van der Waals surface area contributed by atoms with Crippen LogP contribution in [0.2, 0.25) is 0 Å². The van der Waals surface area contributed by atoms with Gasteiger partial charge in [0.25, 0.3) is 0 Å². The Morgan fingerprint density at radius 2 is 1.68 bits per heavy atom. The van der Waals surface area contributed by atoms with Crippen LogP contribution in [0.15, 0.2) is 30.3 Å². The van der Waals surface area contributed by atoms with Gasteiger partial charge in [-0.15, -0.1) is 0 Å². The van der Waals surface area contributed by atoms with Gasteiger partial charge in [-0.05, 0) is 36.2 Å². The average molecular weight is 303 g/mol. The van der Waals surface area contributed by atoms with Gasteiger partial charge in [-0.1, -0.05) is 65.0 Å². The van der Waals surface area contributed by atoms with Crippen molar-refractivity contribution in [2.45, 2.75) is 65.6 Å². The van der Waals surface area contributed by atoms with Crippen molar-refractivity contribution in [1.82, 2.24) is 4.90 Å². The van der Waals surface area contributed by atoms with Crippen molar-refractivity contribution >= 4 is 0 Å². The van der Waals surface area contributed by atoms with Gasteiger partial charge in [-0.25, -0.2) is 0 Å². The first kappa shape index (κ1) is 17.5. The predicted octanol–water partition coefficient (Wildman–Crippen LogP) is 4.50. The van der Waals surface area contributed by atoms with Gasteiger partial charge in [0, 0.05) is 12.1 Å². The van der Waals surface area contributed by atoms with E-state index in [9.17, 15) is 5.11 Å². The lowest BCUT2D eigenvalue weighted by molar-refractivity contribution is -0.0493. The van der Waals surface area contributed by atoms with Crippen molar-refractivity contribution in [3.63, 3.8) is 0 Å². The van der Waals surface area contributed by atoms with Crippen molar-refractivity contribution in [2.75, 3.05) is 6.61 Å². The summed E-state index contributed by atoms with van der Waals surface area (Å²) in [5, 5.41) is 10.2. The molecule has 2 nitrogen and oxygen atoms in total. The van der Waals surface area contributed by atoms with E-state index in [0.29, 0.717) is 29.8 Å². The van der Waals surface area contributed by atoms with Crippen LogP contribution in [0.5, 0.6) is 0 Å². The lowest BCUT2D eigenvalue weighted by Crippen LogP contribution is -2.56. The molecule has 4 atom stereocenters. The normalized spacial score (nSPS) is 28.3. The first-order valence-corrected chi connectivity index (χ1v) is 8.90. The number of aliphatic hydroxyl groups excluding tert-OH is 1. The van der Waals surface area contributed by atoms with Gasteiger partial charge in [0.15, 0.2) is 0 Å². The molecule has 0 aliphatic carbocycles. The molecule has 1 aliphatic heterocycles. The third-order valence-electron chi connectivity index (χ3n) is 5.40. The lowest BCUT2D eigenvalue weighted by Gasteiger charge is -2.52. The van der Waals surface area contributed by atoms with E-state index < -0.39 is 0 Å². The first-order chi connectivity index (χ1) is 10.5. The zero-order chi connectivity index (χ0) is 16.3. The van der Waals surface area contributed by atoms with Crippen LogP contribution in [0.4, 0.5) is 0 Å². The molecule has 0 unspecified atom stereocenters. The van der Waals surface area contributed by atoms with E-state index in [0.717, 1.165) is 0 Å². The van der Waals surface area contributed by atoms with Crippen LogP contribution in [-0.2, 0) is 0 Å². The van der Waals surface area contributed by atoms with Crippen molar-refractivity contribution < 1.29 is 5.11 Å². The monoisotopic (exact) mass is 303 g/mol. The summed E-state index contributed by atoms with van der Waals surface area (Å²) in [6.07, 6.45) is 2.54. The second-order valence-electron chi connectivity index (χ2n) is 7.66. The van der Waals surface area contributed by atoms with Crippen molar-refractivity contribution in [3.8, 4) is 0 Å². The molecule has 1 saturated heterocycles.